The summed E-state index contributed by atoms with van der Waals surface area (Å²) in [5.41, 5.74) is 0. The van der Waals surface area contributed by atoms with Gasteiger partial charge in [0.05, 0.1) is 13.2 Å². The van der Waals surface area contributed by atoms with Crippen LogP contribution in [0.25, 0.3) is 0 Å². The van der Waals surface area contributed by atoms with E-state index in [0.29, 0.717) is 32.8 Å². The molecule has 7 nitrogen and oxygen atoms in total. The highest BCUT2D eigenvalue weighted by atomic mass is 16.5. The van der Waals surface area contributed by atoms with Gasteiger partial charge in [-0.05, 0) is 26.2 Å². The number of hydrogen-bond acceptors (Lipinski definition) is 4. The third-order valence-electron chi connectivity index (χ3n) is 3.11. The molecule has 0 aromatic heterocycles. The topological polar surface area (TPSA) is 88.1 Å². The lowest BCUT2D eigenvalue weighted by Crippen LogP contribution is -2.47. The van der Waals surface area contributed by atoms with Gasteiger partial charge in [0.2, 0.25) is 0 Å². The molecule has 2 amide bonds. The van der Waals surface area contributed by atoms with Crippen molar-refractivity contribution >= 4 is 12.0 Å². The van der Waals surface area contributed by atoms with Crippen molar-refractivity contribution < 1.29 is 24.2 Å². The lowest BCUT2D eigenvalue weighted by atomic mass is 10.2. The van der Waals surface area contributed by atoms with E-state index in [2.05, 4.69) is 5.32 Å². The van der Waals surface area contributed by atoms with Crippen LogP contribution >= 0.6 is 0 Å². The molecule has 0 saturated heterocycles. The van der Waals surface area contributed by atoms with Gasteiger partial charge in [0, 0.05) is 26.3 Å². The second-order valence-corrected chi connectivity index (χ2v) is 4.82. The van der Waals surface area contributed by atoms with E-state index in [-0.39, 0.29) is 18.6 Å². The Morgan fingerprint density at radius 2 is 1.95 bits per heavy atom. The minimum Gasteiger partial charge on any atom is -0.480 e. The number of methoxy groups -OCH3 is 1. The Balaban J connectivity index is 3.85. The molecular weight excluding hydrogens is 276 g/mol. The molecule has 0 bridgehead atoms. The molecule has 0 aromatic rings. The lowest BCUT2D eigenvalue weighted by Gasteiger charge is -2.27. The Morgan fingerprint density at radius 3 is 2.52 bits per heavy atom. The van der Waals surface area contributed by atoms with Crippen molar-refractivity contribution in [1.82, 2.24) is 10.2 Å². The predicted molar refractivity (Wildman–Crippen MR) is 79.4 cm³/mol. The molecule has 0 heterocycles. The maximum Gasteiger partial charge on any atom is 0.323 e. The number of carbonyl (C=O) groups excluding carboxylic acids is 1. The fourth-order valence-electron chi connectivity index (χ4n) is 1.66. The smallest absolute Gasteiger partial charge is 0.323 e. The molecule has 1 atom stereocenters. The first-order valence-electron chi connectivity index (χ1n) is 7.35. The van der Waals surface area contributed by atoms with Crippen LogP contribution in [0.4, 0.5) is 4.79 Å². The number of unbranched alkanes of at least 4 members (excludes halogenated alkanes) is 1. The summed E-state index contributed by atoms with van der Waals surface area (Å²) in [6.07, 6.45) is 2.35. The van der Waals surface area contributed by atoms with Crippen LogP contribution in [0.2, 0.25) is 0 Å². The Bertz CT molecular complexity index is 299. The number of nitrogens with zero attached hydrogens (tertiary/aromatic N) is 1. The SMILES string of the molecule is CCC(C)N(CC(=O)O)C(=O)NCCCCOCCOC. The molecular formula is C14H28N2O5. The summed E-state index contributed by atoms with van der Waals surface area (Å²) < 4.78 is 10.2. The zero-order valence-electron chi connectivity index (χ0n) is 13.3. The minimum absolute atomic E-state index is 0.0986. The van der Waals surface area contributed by atoms with Gasteiger partial charge < -0.3 is 24.8 Å². The minimum atomic E-state index is -1.00. The summed E-state index contributed by atoms with van der Waals surface area (Å²) in [4.78, 5) is 24.1. The average Bonchev–Trinajstić information content (AvgIpc) is 2.46. The molecule has 0 aromatic carbocycles. The van der Waals surface area contributed by atoms with Gasteiger partial charge >= 0.3 is 12.0 Å². The maximum atomic E-state index is 12.0. The molecule has 2 N–H and O–H groups in total. The summed E-state index contributed by atoms with van der Waals surface area (Å²) >= 11 is 0. The number of nitrogens with one attached hydrogen (secondary N) is 1. The van der Waals surface area contributed by atoms with Crippen LogP contribution in [-0.2, 0) is 14.3 Å². The zero-order valence-corrected chi connectivity index (χ0v) is 13.3. The fourth-order valence-corrected chi connectivity index (χ4v) is 1.66. The standard InChI is InChI=1S/C14H28N2O5/c1-4-12(2)16(11-13(17)18)14(19)15-7-5-6-8-21-10-9-20-3/h12H,4-11H2,1-3H3,(H,15,19)(H,17,18). The van der Waals surface area contributed by atoms with Crippen molar-refractivity contribution in [3.05, 3.63) is 0 Å². The molecule has 0 aliphatic heterocycles. The normalized spacial score (nSPS) is 12.0. The number of hydrogen-bond donors (Lipinski definition) is 2. The van der Waals surface area contributed by atoms with Gasteiger partial charge in [0.1, 0.15) is 6.54 Å². The van der Waals surface area contributed by atoms with Crippen LogP contribution < -0.4 is 5.32 Å². The van der Waals surface area contributed by atoms with Gasteiger partial charge in [-0.1, -0.05) is 6.92 Å². The Kier molecular flexibility index (Phi) is 11.6. The molecule has 0 spiro atoms. The number of ether oxygens (including phenoxy) is 2. The van der Waals surface area contributed by atoms with Crippen molar-refractivity contribution in [3.8, 4) is 0 Å². The number of rotatable bonds is 12. The van der Waals surface area contributed by atoms with Gasteiger partial charge in [-0.15, -0.1) is 0 Å². The summed E-state index contributed by atoms with van der Waals surface area (Å²) in [6.45, 7) is 5.78. The third kappa shape index (κ3) is 10.1. The van der Waals surface area contributed by atoms with E-state index in [1.165, 1.54) is 4.90 Å². The van der Waals surface area contributed by atoms with Crippen LogP contribution in [0.5, 0.6) is 0 Å². The lowest BCUT2D eigenvalue weighted by molar-refractivity contribution is -0.138. The van der Waals surface area contributed by atoms with E-state index in [1.807, 2.05) is 13.8 Å². The second-order valence-electron chi connectivity index (χ2n) is 4.82. The summed E-state index contributed by atoms with van der Waals surface area (Å²) in [5.74, 6) is -1.00. The van der Waals surface area contributed by atoms with E-state index < -0.39 is 5.97 Å². The molecule has 0 fully saturated rings. The highest BCUT2D eigenvalue weighted by Crippen LogP contribution is 2.03. The van der Waals surface area contributed by atoms with Crippen molar-refractivity contribution in [2.75, 3.05) is 40.0 Å². The quantitative estimate of drug-likeness (QED) is 0.531. The molecule has 0 aliphatic carbocycles. The van der Waals surface area contributed by atoms with Crippen LogP contribution in [0.15, 0.2) is 0 Å². The highest BCUT2D eigenvalue weighted by molar-refractivity contribution is 5.80. The number of urea groups is 1. The van der Waals surface area contributed by atoms with Crippen molar-refractivity contribution in [1.29, 1.82) is 0 Å². The van der Waals surface area contributed by atoms with Gasteiger partial charge in [0.15, 0.2) is 0 Å². The predicted octanol–water partition coefficient (Wildman–Crippen LogP) is 1.32. The van der Waals surface area contributed by atoms with Gasteiger partial charge in [-0.3, -0.25) is 4.79 Å². The Hall–Kier alpha value is -1.34. The van der Waals surface area contributed by atoms with Crippen molar-refractivity contribution in [3.63, 3.8) is 0 Å². The Labute approximate surface area is 126 Å². The fraction of sp³-hybridized carbons (Fsp3) is 0.857. The summed E-state index contributed by atoms with van der Waals surface area (Å²) in [7, 11) is 1.62. The summed E-state index contributed by atoms with van der Waals surface area (Å²) in [5, 5.41) is 11.6. The van der Waals surface area contributed by atoms with Gasteiger partial charge in [-0.25, -0.2) is 4.79 Å². The molecule has 0 rings (SSSR count). The molecule has 1 unspecified atom stereocenters. The van der Waals surface area contributed by atoms with Crippen molar-refractivity contribution in [2.24, 2.45) is 0 Å². The second kappa shape index (κ2) is 12.4. The first-order valence-corrected chi connectivity index (χ1v) is 7.35. The summed E-state index contributed by atoms with van der Waals surface area (Å²) in [6, 6.07) is -0.425. The number of carbonyl (C=O) groups is 2. The van der Waals surface area contributed by atoms with E-state index >= 15 is 0 Å². The van der Waals surface area contributed by atoms with Gasteiger partial charge in [-0.2, -0.15) is 0 Å². The van der Waals surface area contributed by atoms with E-state index in [1.54, 1.807) is 7.11 Å². The van der Waals surface area contributed by atoms with Crippen LogP contribution in [0, 0.1) is 0 Å². The van der Waals surface area contributed by atoms with E-state index in [9.17, 15) is 9.59 Å². The molecule has 0 radical (unpaired) electrons. The first-order chi connectivity index (χ1) is 10.0. The third-order valence-corrected chi connectivity index (χ3v) is 3.11. The van der Waals surface area contributed by atoms with E-state index in [0.717, 1.165) is 12.8 Å². The van der Waals surface area contributed by atoms with Crippen LogP contribution in [0.3, 0.4) is 0 Å². The molecule has 21 heavy (non-hydrogen) atoms. The monoisotopic (exact) mass is 304 g/mol. The number of aliphatic carboxylic acids is 1. The molecule has 7 heteroatoms. The Morgan fingerprint density at radius 1 is 1.24 bits per heavy atom. The van der Waals surface area contributed by atoms with Crippen molar-refractivity contribution in [2.45, 2.75) is 39.2 Å². The first kappa shape index (κ1) is 19.7. The largest absolute Gasteiger partial charge is 0.480 e. The number of amides is 2. The highest BCUT2D eigenvalue weighted by Gasteiger charge is 2.20. The van der Waals surface area contributed by atoms with E-state index in [4.69, 9.17) is 14.6 Å². The average molecular weight is 304 g/mol. The van der Waals surface area contributed by atoms with Crippen LogP contribution in [-0.4, -0.2) is 68.1 Å². The molecule has 124 valence electrons. The number of carboxylic acids is 1. The maximum absolute atomic E-state index is 12.0. The zero-order chi connectivity index (χ0) is 16.1. The van der Waals surface area contributed by atoms with Gasteiger partial charge in [0.25, 0.3) is 0 Å². The van der Waals surface area contributed by atoms with Crippen LogP contribution in [0.1, 0.15) is 33.1 Å². The number of carboxylic acid groups (broad SMARTS) is 1. The molecule has 0 saturated carbocycles. The molecule has 0 aliphatic rings.